The Morgan fingerprint density at radius 1 is 1.24 bits per heavy atom. The van der Waals surface area contributed by atoms with Crippen LogP contribution in [0.15, 0.2) is 36.4 Å². The Morgan fingerprint density at radius 3 is 2.62 bits per heavy atom. The third-order valence-corrected chi connectivity index (χ3v) is 3.25. The summed E-state index contributed by atoms with van der Waals surface area (Å²) in [6.07, 6.45) is 0.712. The maximum atomic E-state index is 11.9. The van der Waals surface area contributed by atoms with E-state index in [0.29, 0.717) is 17.8 Å². The van der Waals surface area contributed by atoms with Gasteiger partial charge >= 0.3 is 0 Å². The van der Waals surface area contributed by atoms with E-state index < -0.39 is 5.91 Å². The van der Waals surface area contributed by atoms with Gasteiger partial charge < -0.3 is 0 Å². The van der Waals surface area contributed by atoms with Gasteiger partial charge in [0.25, 0.3) is 5.91 Å². The molecule has 0 saturated carbocycles. The van der Waals surface area contributed by atoms with Gasteiger partial charge in [0.2, 0.25) is 5.91 Å². The monoisotopic (exact) mass is 286 g/mol. The van der Waals surface area contributed by atoms with Crippen LogP contribution in [0.25, 0.3) is 11.3 Å². The minimum Gasteiger partial charge on any atom is -0.273 e. The summed E-state index contributed by atoms with van der Waals surface area (Å²) in [4.78, 5) is 23.5. The molecule has 0 aliphatic heterocycles. The second kappa shape index (κ2) is 6.69. The van der Waals surface area contributed by atoms with Crippen molar-refractivity contribution in [3.8, 4) is 11.3 Å². The predicted octanol–water partition coefficient (Wildman–Crippen LogP) is 1.88. The number of carbonyl (C=O) groups excluding carboxylic acids is 2. The number of carbonyl (C=O) groups is 2. The molecule has 0 radical (unpaired) electrons. The average Bonchev–Trinajstić information content (AvgIpc) is 3.02. The number of hydrazine groups is 1. The molecule has 0 bridgehead atoms. The summed E-state index contributed by atoms with van der Waals surface area (Å²) in [5.41, 5.74) is 6.64. The molecule has 21 heavy (non-hydrogen) atoms. The van der Waals surface area contributed by atoms with Crippen molar-refractivity contribution in [2.75, 3.05) is 0 Å². The van der Waals surface area contributed by atoms with Crippen LogP contribution < -0.4 is 10.9 Å². The molecule has 1 unspecified atom stereocenters. The number of nitrogens with zero attached hydrogens (tertiary/aromatic N) is 1. The van der Waals surface area contributed by atoms with Crippen LogP contribution >= 0.6 is 0 Å². The molecule has 6 nitrogen and oxygen atoms in total. The number of benzene rings is 1. The molecule has 1 heterocycles. The second-order valence-electron chi connectivity index (χ2n) is 4.79. The van der Waals surface area contributed by atoms with Crippen molar-refractivity contribution in [1.29, 1.82) is 0 Å². The SMILES string of the molecule is CCC(C)C(=O)NNC(=O)c1cc(-c2ccccc2)n[nH]1. The molecule has 0 aliphatic rings. The molecule has 0 saturated heterocycles. The van der Waals surface area contributed by atoms with Crippen LogP contribution in [0.4, 0.5) is 0 Å². The molecule has 3 N–H and O–H groups in total. The number of aromatic amines is 1. The maximum absolute atomic E-state index is 11.9. The number of nitrogens with one attached hydrogen (secondary N) is 3. The first-order chi connectivity index (χ1) is 10.1. The molecule has 2 aromatic rings. The summed E-state index contributed by atoms with van der Waals surface area (Å²) in [7, 11) is 0. The molecule has 1 atom stereocenters. The maximum Gasteiger partial charge on any atom is 0.287 e. The van der Waals surface area contributed by atoms with Crippen LogP contribution in [0.5, 0.6) is 0 Å². The van der Waals surface area contributed by atoms with Gasteiger partial charge in [0.15, 0.2) is 0 Å². The first-order valence-corrected chi connectivity index (χ1v) is 6.82. The van der Waals surface area contributed by atoms with Crippen LogP contribution in [-0.2, 0) is 4.79 Å². The lowest BCUT2D eigenvalue weighted by molar-refractivity contribution is -0.125. The van der Waals surface area contributed by atoms with E-state index in [9.17, 15) is 9.59 Å². The zero-order valence-electron chi connectivity index (χ0n) is 12.0. The summed E-state index contributed by atoms with van der Waals surface area (Å²) in [5, 5.41) is 6.74. The number of hydrogen-bond donors (Lipinski definition) is 3. The smallest absolute Gasteiger partial charge is 0.273 e. The lowest BCUT2D eigenvalue weighted by Gasteiger charge is -2.10. The number of aromatic nitrogens is 2. The first-order valence-electron chi connectivity index (χ1n) is 6.82. The van der Waals surface area contributed by atoms with Crippen molar-refractivity contribution in [1.82, 2.24) is 21.0 Å². The molecular formula is C15H18N4O2. The van der Waals surface area contributed by atoms with Gasteiger partial charge in [-0.3, -0.25) is 25.5 Å². The zero-order valence-corrected chi connectivity index (χ0v) is 12.0. The molecule has 0 spiro atoms. The number of hydrogen-bond acceptors (Lipinski definition) is 3. The first kappa shape index (κ1) is 14.8. The Morgan fingerprint density at radius 2 is 1.95 bits per heavy atom. The van der Waals surface area contributed by atoms with Gasteiger partial charge in [0, 0.05) is 11.5 Å². The predicted molar refractivity (Wildman–Crippen MR) is 79.1 cm³/mol. The molecule has 1 aromatic carbocycles. The van der Waals surface area contributed by atoms with Crippen molar-refractivity contribution in [3.05, 3.63) is 42.1 Å². The van der Waals surface area contributed by atoms with Crippen molar-refractivity contribution in [3.63, 3.8) is 0 Å². The molecule has 1 aromatic heterocycles. The summed E-state index contributed by atoms with van der Waals surface area (Å²) >= 11 is 0. The quantitative estimate of drug-likeness (QED) is 0.750. The highest BCUT2D eigenvalue weighted by atomic mass is 16.2. The van der Waals surface area contributed by atoms with E-state index in [2.05, 4.69) is 21.0 Å². The van der Waals surface area contributed by atoms with E-state index in [-0.39, 0.29) is 11.8 Å². The van der Waals surface area contributed by atoms with E-state index in [1.165, 1.54) is 0 Å². The van der Waals surface area contributed by atoms with Gasteiger partial charge in [-0.25, -0.2) is 0 Å². The Bertz CT molecular complexity index is 622. The van der Waals surface area contributed by atoms with Gasteiger partial charge in [-0.1, -0.05) is 44.2 Å². The van der Waals surface area contributed by atoms with E-state index in [1.54, 1.807) is 13.0 Å². The fourth-order valence-corrected chi connectivity index (χ4v) is 1.69. The van der Waals surface area contributed by atoms with E-state index in [1.807, 2.05) is 37.3 Å². The molecule has 2 rings (SSSR count). The Labute approximate surface area is 122 Å². The van der Waals surface area contributed by atoms with E-state index in [4.69, 9.17) is 0 Å². The van der Waals surface area contributed by atoms with Gasteiger partial charge in [0.05, 0.1) is 5.69 Å². The average molecular weight is 286 g/mol. The van der Waals surface area contributed by atoms with Crippen LogP contribution in [0, 0.1) is 5.92 Å². The fraction of sp³-hybridized carbons (Fsp3) is 0.267. The molecule has 0 aliphatic carbocycles. The molecule has 110 valence electrons. The van der Waals surface area contributed by atoms with E-state index in [0.717, 1.165) is 5.56 Å². The van der Waals surface area contributed by atoms with Crippen molar-refractivity contribution in [2.45, 2.75) is 20.3 Å². The van der Waals surface area contributed by atoms with Crippen LogP contribution in [-0.4, -0.2) is 22.0 Å². The summed E-state index contributed by atoms with van der Waals surface area (Å²) in [6.45, 7) is 3.71. The number of rotatable bonds is 4. The molecule has 0 fully saturated rings. The highest BCUT2D eigenvalue weighted by Gasteiger charge is 2.14. The summed E-state index contributed by atoms with van der Waals surface area (Å²) in [5.74, 6) is -0.790. The minimum absolute atomic E-state index is 0.146. The zero-order chi connectivity index (χ0) is 15.2. The van der Waals surface area contributed by atoms with Gasteiger partial charge in [-0.15, -0.1) is 0 Å². The lowest BCUT2D eigenvalue weighted by Crippen LogP contribution is -2.44. The minimum atomic E-state index is -0.429. The topological polar surface area (TPSA) is 86.9 Å². The largest absolute Gasteiger partial charge is 0.287 e. The second-order valence-corrected chi connectivity index (χ2v) is 4.79. The fourth-order valence-electron chi connectivity index (χ4n) is 1.69. The highest BCUT2D eigenvalue weighted by Crippen LogP contribution is 2.16. The number of amides is 2. The van der Waals surface area contributed by atoms with E-state index >= 15 is 0 Å². The Kier molecular flexibility index (Phi) is 4.71. The number of H-pyrrole nitrogens is 1. The van der Waals surface area contributed by atoms with Crippen molar-refractivity contribution >= 4 is 11.8 Å². The Hall–Kier alpha value is -2.63. The van der Waals surface area contributed by atoms with Crippen LogP contribution in [0.3, 0.4) is 0 Å². The molecular weight excluding hydrogens is 268 g/mol. The highest BCUT2D eigenvalue weighted by molar-refractivity contribution is 5.94. The van der Waals surface area contributed by atoms with Gasteiger partial charge in [0.1, 0.15) is 5.69 Å². The summed E-state index contributed by atoms with van der Waals surface area (Å²) in [6, 6.07) is 11.2. The molecule has 2 amide bonds. The third kappa shape index (κ3) is 3.68. The summed E-state index contributed by atoms with van der Waals surface area (Å²) < 4.78 is 0. The molecule has 6 heteroatoms. The van der Waals surface area contributed by atoms with Crippen molar-refractivity contribution in [2.24, 2.45) is 5.92 Å². The van der Waals surface area contributed by atoms with Crippen molar-refractivity contribution < 1.29 is 9.59 Å². The third-order valence-electron chi connectivity index (χ3n) is 3.25. The van der Waals surface area contributed by atoms with Gasteiger partial charge in [-0.2, -0.15) is 5.10 Å². The van der Waals surface area contributed by atoms with Gasteiger partial charge in [-0.05, 0) is 12.5 Å². The normalized spacial score (nSPS) is 11.7. The van der Waals surface area contributed by atoms with Crippen LogP contribution in [0.1, 0.15) is 30.8 Å². The standard InChI is InChI=1S/C15H18N4O2/c1-3-10(2)14(20)18-19-15(21)13-9-12(16-17-13)11-7-5-4-6-8-11/h4-10H,3H2,1-2H3,(H,16,17)(H,18,20)(H,19,21). The lowest BCUT2D eigenvalue weighted by atomic mass is 10.1. The van der Waals surface area contributed by atoms with Crippen LogP contribution in [0.2, 0.25) is 0 Å². The Balaban J connectivity index is 1.98.